The fourth-order valence-electron chi connectivity index (χ4n) is 2.31. The van der Waals surface area contributed by atoms with E-state index >= 15 is 0 Å². The predicted octanol–water partition coefficient (Wildman–Crippen LogP) is 3.03. The van der Waals surface area contributed by atoms with Crippen LogP contribution < -0.4 is 10.6 Å². The Hall–Kier alpha value is -1.52. The minimum Gasteiger partial charge on any atom is -0.357 e. The van der Waals surface area contributed by atoms with Crippen LogP contribution in [0.4, 0.5) is 0 Å². The molecule has 0 amide bonds. The van der Waals surface area contributed by atoms with E-state index in [0.717, 1.165) is 44.4 Å². The van der Waals surface area contributed by atoms with Crippen molar-refractivity contribution in [1.82, 2.24) is 20.8 Å². The fraction of sp³-hybridized carbons (Fsp3) is 0.765. The molecule has 0 unspecified atom stereocenters. The Bertz CT molecular complexity index is 422. The molecule has 3 N–H and O–H groups in total. The van der Waals surface area contributed by atoms with E-state index in [4.69, 9.17) is 0 Å². The Kier molecular flexibility index (Phi) is 9.35. The highest BCUT2D eigenvalue weighted by Crippen LogP contribution is 2.06. The number of nitrogens with zero attached hydrogens (tertiary/aromatic N) is 2. The molecule has 0 bridgehead atoms. The predicted molar refractivity (Wildman–Crippen MR) is 94.3 cm³/mol. The van der Waals surface area contributed by atoms with Crippen molar-refractivity contribution in [2.75, 3.05) is 19.6 Å². The van der Waals surface area contributed by atoms with Gasteiger partial charge in [-0.15, -0.1) is 0 Å². The molecule has 0 aromatic carbocycles. The van der Waals surface area contributed by atoms with Crippen LogP contribution in [0.25, 0.3) is 0 Å². The van der Waals surface area contributed by atoms with Gasteiger partial charge in [-0.25, -0.2) is 0 Å². The van der Waals surface area contributed by atoms with Gasteiger partial charge in [-0.3, -0.25) is 10.1 Å². The summed E-state index contributed by atoms with van der Waals surface area (Å²) in [6.45, 7) is 11.5. The van der Waals surface area contributed by atoms with Crippen LogP contribution in [-0.2, 0) is 6.42 Å². The lowest BCUT2D eigenvalue weighted by atomic mass is 10.1. The monoisotopic (exact) mass is 307 g/mol. The second kappa shape index (κ2) is 11.1. The number of aliphatic imine (C=N–C) groups is 1. The molecule has 1 aromatic heterocycles. The largest absolute Gasteiger partial charge is 0.357 e. The highest BCUT2D eigenvalue weighted by molar-refractivity contribution is 5.79. The van der Waals surface area contributed by atoms with E-state index in [1.165, 1.54) is 30.5 Å². The first-order valence-electron chi connectivity index (χ1n) is 8.64. The van der Waals surface area contributed by atoms with E-state index in [1.54, 1.807) is 0 Å². The van der Waals surface area contributed by atoms with Gasteiger partial charge in [0.1, 0.15) is 0 Å². The van der Waals surface area contributed by atoms with Crippen LogP contribution in [0.1, 0.15) is 57.7 Å². The molecule has 22 heavy (non-hydrogen) atoms. The zero-order valence-electron chi connectivity index (χ0n) is 14.7. The van der Waals surface area contributed by atoms with Crippen LogP contribution in [0, 0.1) is 12.8 Å². The number of guanidine groups is 1. The molecule has 0 atom stereocenters. The van der Waals surface area contributed by atoms with Crippen molar-refractivity contribution in [2.24, 2.45) is 10.9 Å². The van der Waals surface area contributed by atoms with Crippen LogP contribution in [0.5, 0.6) is 0 Å². The van der Waals surface area contributed by atoms with E-state index in [2.05, 4.69) is 53.5 Å². The van der Waals surface area contributed by atoms with Gasteiger partial charge in [-0.05, 0) is 44.6 Å². The number of H-pyrrole nitrogens is 1. The second-order valence-electron chi connectivity index (χ2n) is 6.20. The standard InChI is InChI=1S/C17H33N5/c1-5-18-17(19-11-7-6-9-14(2)3)20-12-8-10-16-13-21-22-15(16)4/h13-14H,5-12H2,1-4H3,(H,21,22)(H2,18,19,20). The van der Waals surface area contributed by atoms with Crippen LogP contribution in [0.2, 0.25) is 0 Å². The van der Waals surface area contributed by atoms with E-state index in [9.17, 15) is 0 Å². The summed E-state index contributed by atoms with van der Waals surface area (Å²) in [6, 6.07) is 0. The summed E-state index contributed by atoms with van der Waals surface area (Å²) in [5, 5.41) is 13.8. The van der Waals surface area contributed by atoms with E-state index in [1.807, 2.05) is 6.20 Å². The van der Waals surface area contributed by atoms with Crippen LogP contribution >= 0.6 is 0 Å². The number of unbranched alkanes of at least 4 members (excludes halogenated alkanes) is 1. The van der Waals surface area contributed by atoms with E-state index in [-0.39, 0.29) is 0 Å². The molecule has 1 rings (SSSR count). The Morgan fingerprint density at radius 2 is 2.09 bits per heavy atom. The molecule has 0 fully saturated rings. The van der Waals surface area contributed by atoms with Crippen molar-refractivity contribution in [2.45, 2.75) is 59.8 Å². The van der Waals surface area contributed by atoms with Gasteiger partial charge in [0.05, 0.1) is 6.20 Å². The quantitative estimate of drug-likeness (QED) is 0.354. The van der Waals surface area contributed by atoms with Gasteiger partial charge < -0.3 is 10.6 Å². The summed E-state index contributed by atoms with van der Waals surface area (Å²) in [5.41, 5.74) is 2.46. The molecule has 0 saturated heterocycles. The van der Waals surface area contributed by atoms with E-state index in [0.29, 0.717) is 0 Å². The Labute approximate surface area is 135 Å². The zero-order valence-corrected chi connectivity index (χ0v) is 14.7. The van der Waals surface area contributed by atoms with Gasteiger partial charge in [0.25, 0.3) is 0 Å². The number of hydrogen-bond acceptors (Lipinski definition) is 2. The third-order valence-electron chi connectivity index (χ3n) is 3.65. The average Bonchev–Trinajstić information content (AvgIpc) is 2.88. The molecule has 0 spiro atoms. The third-order valence-corrected chi connectivity index (χ3v) is 3.65. The lowest BCUT2D eigenvalue weighted by Crippen LogP contribution is -2.37. The number of nitrogens with one attached hydrogen (secondary N) is 3. The number of aromatic amines is 1. The summed E-state index contributed by atoms with van der Waals surface area (Å²) in [5.74, 6) is 1.74. The Balaban J connectivity index is 2.22. The fourth-order valence-corrected chi connectivity index (χ4v) is 2.31. The maximum atomic E-state index is 4.64. The van der Waals surface area contributed by atoms with Crippen molar-refractivity contribution in [3.63, 3.8) is 0 Å². The molecule has 126 valence electrons. The maximum Gasteiger partial charge on any atom is 0.191 e. The topological polar surface area (TPSA) is 65.1 Å². The van der Waals surface area contributed by atoms with Crippen molar-refractivity contribution < 1.29 is 0 Å². The first kappa shape index (κ1) is 18.5. The van der Waals surface area contributed by atoms with Gasteiger partial charge in [0.15, 0.2) is 5.96 Å². The Morgan fingerprint density at radius 3 is 2.73 bits per heavy atom. The molecular formula is C17H33N5. The first-order chi connectivity index (χ1) is 10.6. The van der Waals surface area contributed by atoms with E-state index < -0.39 is 0 Å². The van der Waals surface area contributed by atoms with Gasteiger partial charge in [0, 0.05) is 25.3 Å². The van der Waals surface area contributed by atoms with Crippen LogP contribution in [-0.4, -0.2) is 35.8 Å². The van der Waals surface area contributed by atoms with Crippen molar-refractivity contribution in [3.05, 3.63) is 17.5 Å². The number of aryl methyl sites for hydroxylation is 2. The number of aromatic nitrogens is 2. The van der Waals surface area contributed by atoms with Crippen LogP contribution in [0.3, 0.4) is 0 Å². The maximum absolute atomic E-state index is 4.64. The molecule has 1 heterocycles. The smallest absolute Gasteiger partial charge is 0.191 e. The highest BCUT2D eigenvalue weighted by Gasteiger charge is 2.01. The van der Waals surface area contributed by atoms with Gasteiger partial charge in [-0.1, -0.05) is 26.7 Å². The van der Waals surface area contributed by atoms with Gasteiger partial charge in [0.2, 0.25) is 0 Å². The SMILES string of the molecule is CCNC(=NCCCc1cn[nH]c1C)NCCCCC(C)C. The first-order valence-corrected chi connectivity index (χ1v) is 8.64. The van der Waals surface area contributed by atoms with Crippen LogP contribution in [0.15, 0.2) is 11.2 Å². The molecule has 0 aliphatic rings. The lowest BCUT2D eigenvalue weighted by molar-refractivity contribution is 0.534. The molecule has 1 aromatic rings. The summed E-state index contributed by atoms with van der Waals surface area (Å²) in [7, 11) is 0. The van der Waals surface area contributed by atoms with Crippen molar-refractivity contribution >= 4 is 5.96 Å². The van der Waals surface area contributed by atoms with Crippen molar-refractivity contribution in [3.8, 4) is 0 Å². The molecule has 5 heteroatoms. The summed E-state index contributed by atoms with van der Waals surface area (Å²) < 4.78 is 0. The number of hydrogen-bond donors (Lipinski definition) is 3. The lowest BCUT2D eigenvalue weighted by Gasteiger charge is -2.11. The molecule has 0 aliphatic carbocycles. The number of rotatable bonds is 10. The molecule has 0 radical (unpaired) electrons. The minimum atomic E-state index is 0.799. The third kappa shape index (κ3) is 8.05. The summed E-state index contributed by atoms with van der Waals surface area (Å²) in [6.07, 6.45) is 7.78. The molecule has 5 nitrogen and oxygen atoms in total. The highest BCUT2D eigenvalue weighted by atomic mass is 15.2. The summed E-state index contributed by atoms with van der Waals surface area (Å²) in [4.78, 5) is 4.64. The summed E-state index contributed by atoms with van der Waals surface area (Å²) >= 11 is 0. The molecule has 0 aliphatic heterocycles. The molecular weight excluding hydrogens is 274 g/mol. The van der Waals surface area contributed by atoms with Gasteiger partial charge in [-0.2, -0.15) is 5.10 Å². The average molecular weight is 307 g/mol. The zero-order chi connectivity index (χ0) is 16.2. The Morgan fingerprint density at radius 1 is 1.27 bits per heavy atom. The normalized spacial score (nSPS) is 12.0. The second-order valence-corrected chi connectivity index (χ2v) is 6.20. The van der Waals surface area contributed by atoms with Crippen molar-refractivity contribution in [1.29, 1.82) is 0 Å². The molecule has 0 saturated carbocycles. The minimum absolute atomic E-state index is 0.799. The van der Waals surface area contributed by atoms with Gasteiger partial charge >= 0.3 is 0 Å².